The number of aryl methyl sites for hydroxylation is 1. The van der Waals surface area contributed by atoms with E-state index in [0.29, 0.717) is 22.7 Å². The molecule has 0 bridgehead atoms. The Kier molecular flexibility index (Phi) is 5.89. The molecular weight excluding hydrogens is 310 g/mol. The zero-order valence-electron chi connectivity index (χ0n) is 14.1. The van der Waals surface area contributed by atoms with E-state index < -0.39 is 6.10 Å². The van der Waals surface area contributed by atoms with Gasteiger partial charge in [-0.2, -0.15) is 0 Å². The molecule has 4 N–H and O–H groups in total. The Balaban J connectivity index is 2.14. The molecule has 0 amide bonds. The predicted molar refractivity (Wildman–Crippen MR) is 91.5 cm³/mol. The van der Waals surface area contributed by atoms with Gasteiger partial charge < -0.3 is 30.2 Å². The minimum atomic E-state index is -0.823. The molecule has 2 rings (SSSR count). The predicted octanol–water partition coefficient (Wildman–Crippen LogP) is 2.20. The molecule has 0 saturated carbocycles. The highest BCUT2D eigenvalue weighted by Gasteiger charge is 2.15. The smallest absolute Gasteiger partial charge is 0.184 e. The van der Waals surface area contributed by atoms with Crippen LogP contribution in [0, 0.1) is 6.92 Å². The standard InChI is InChI=1S/C18H23NO5/c1-11-6-13(4-5-16(11)22-2)15(21)10-24-18-14(19)7-12(9-20)8-17(18)23-3/h4-8,15,20-21H,9-10,19H2,1-3H3. The van der Waals surface area contributed by atoms with Crippen LogP contribution >= 0.6 is 0 Å². The number of nitrogens with two attached hydrogens (primary N) is 1. The average Bonchev–Trinajstić information content (AvgIpc) is 2.59. The maximum Gasteiger partial charge on any atom is 0.184 e. The zero-order valence-corrected chi connectivity index (χ0v) is 14.1. The van der Waals surface area contributed by atoms with E-state index in [1.54, 1.807) is 31.4 Å². The molecule has 1 atom stereocenters. The van der Waals surface area contributed by atoms with E-state index in [4.69, 9.17) is 19.9 Å². The average molecular weight is 333 g/mol. The molecule has 2 aromatic carbocycles. The molecule has 6 heteroatoms. The van der Waals surface area contributed by atoms with Crippen LogP contribution in [0.5, 0.6) is 17.2 Å². The number of ether oxygens (including phenoxy) is 3. The first kappa shape index (κ1) is 17.9. The van der Waals surface area contributed by atoms with Gasteiger partial charge in [-0.15, -0.1) is 0 Å². The van der Waals surface area contributed by atoms with Gasteiger partial charge in [0.15, 0.2) is 11.5 Å². The molecular formula is C18H23NO5. The van der Waals surface area contributed by atoms with E-state index in [0.717, 1.165) is 16.9 Å². The maximum atomic E-state index is 10.3. The lowest BCUT2D eigenvalue weighted by atomic mass is 10.1. The summed E-state index contributed by atoms with van der Waals surface area (Å²) in [6.07, 6.45) is -0.823. The van der Waals surface area contributed by atoms with Crippen LogP contribution in [-0.2, 0) is 6.61 Å². The molecule has 0 heterocycles. The highest BCUT2D eigenvalue weighted by molar-refractivity contribution is 5.62. The van der Waals surface area contributed by atoms with Gasteiger partial charge in [0, 0.05) is 0 Å². The summed E-state index contributed by atoms with van der Waals surface area (Å²) in [4.78, 5) is 0. The molecule has 0 fully saturated rings. The summed E-state index contributed by atoms with van der Waals surface area (Å²) in [6, 6.07) is 8.70. The van der Waals surface area contributed by atoms with E-state index in [1.165, 1.54) is 7.11 Å². The zero-order chi connectivity index (χ0) is 17.7. The molecule has 1 unspecified atom stereocenters. The number of benzene rings is 2. The number of hydrogen-bond donors (Lipinski definition) is 3. The molecule has 2 aromatic rings. The fourth-order valence-corrected chi connectivity index (χ4v) is 2.45. The molecule has 0 saturated heterocycles. The number of nitrogen functional groups attached to an aromatic ring is 1. The van der Waals surface area contributed by atoms with Crippen LogP contribution in [0.1, 0.15) is 22.8 Å². The Morgan fingerprint density at radius 3 is 2.38 bits per heavy atom. The number of methoxy groups -OCH3 is 2. The monoisotopic (exact) mass is 333 g/mol. The molecule has 24 heavy (non-hydrogen) atoms. The topological polar surface area (TPSA) is 94.2 Å². The van der Waals surface area contributed by atoms with E-state index in [-0.39, 0.29) is 13.2 Å². The third-order valence-electron chi connectivity index (χ3n) is 3.74. The minimum Gasteiger partial charge on any atom is -0.496 e. The van der Waals surface area contributed by atoms with Crippen LogP contribution in [-0.4, -0.2) is 31.0 Å². The Morgan fingerprint density at radius 2 is 1.79 bits per heavy atom. The second kappa shape index (κ2) is 7.90. The first-order valence-corrected chi connectivity index (χ1v) is 7.52. The second-order valence-corrected chi connectivity index (χ2v) is 5.43. The maximum absolute atomic E-state index is 10.3. The van der Waals surface area contributed by atoms with Crippen molar-refractivity contribution >= 4 is 5.69 Å². The summed E-state index contributed by atoms with van der Waals surface area (Å²) in [5, 5.41) is 19.5. The number of rotatable bonds is 7. The first-order valence-electron chi connectivity index (χ1n) is 7.52. The molecule has 0 aliphatic rings. The van der Waals surface area contributed by atoms with Gasteiger partial charge in [0.25, 0.3) is 0 Å². The highest BCUT2D eigenvalue weighted by Crippen LogP contribution is 2.35. The molecule has 6 nitrogen and oxygen atoms in total. The van der Waals surface area contributed by atoms with E-state index in [9.17, 15) is 10.2 Å². The van der Waals surface area contributed by atoms with Gasteiger partial charge in [-0.25, -0.2) is 0 Å². The summed E-state index contributed by atoms with van der Waals surface area (Å²) in [7, 11) is 3.10. The lowest BCUT2D eigenvalue weighted by molar-refractivity contribution is 0.106. The van der Waals surface area contributed by atoms with Crippen molar-refractivity contribution in [3.8, 4) is 17.2 Å². The van der Waals surface area contributed by atoms with Crippen LogP contribution in [0.3, 0.4) is 0 Å². The van der Waals surface area contributed by atoms with Crippen molar-refractivity contribution in [1.29, 1.82) is 0 Å². The Labute approximate surface area is 141 Å². The van der Waals surface area contributed by atoms with Crippen molar-refractivity contribution < 1.29 is 24.4 Å². The van der Waals surface area contributed by atoms with Gasteiger partial charge in [-0.1, -0.05) is 6.07 Å². The molecule has 0 spiro atoms. The summed E-state index contributed by atoms with van der Waals surface area (Å²) < 4.78 is 16.1. The number of aliphatic hydroxyl groups is 2. The Morgan fingerprint density at radius 1 is 1.08 bits per heavy atom. The largest absolute Gasteiger partial charge is 0.496 e. The molecule has 0 aromatic heterocycles. The van der Waals surface area contributed by atoms with Crippen molar-refractivity contribution in [3.63, 3.8) is 0 Å². The van der Waals surface area contributed by atoms with Gasteiger partial charge in [0.2, 0.25) is 0 Å². The van der Waals surface area contributed by atoms with Gasteiger partial charge in [0.1, 0.15) is 18.5 Å². The van der Waals surface area contributed by atoms with Gasteiger partial charge in [0.05, 0.1) is 26.5 Å². The third-order valence-corrected chi connectivity index (χ3v) is 3.74. The van der Waals surface area contributed by atoms with Crippen LogP contribution in [0.2, 0.25) is 0 Å². The number of aliphatic hydroxyl groups excluding tert-OH is 2. The summed E-state index contributed by atoms with van der Waals surface area (Å²) in [5.74, 6) is 1.52. The van der Waals surface area contributed by atoms with Crippen LogP contribution in [0.25, 0.3) is 0 Å². The normalized spacial score (nSPS) is 11.9. The van der Waals surface area contributed by atoms with Gasteiger partial charge >= 0.3 is 0 Å². The van der Waals surface area contributed by atoms with Crippen molar-refractivity contribution in [2.45, 2.75) is 19.6 Å². The van der Waals surface area contributed by atoms with Crippen molar-refractivity contribution in [1.82, 2.24) is 0 Å². The molecule has 0 radical (unpaired) electrons. The van der Waals surface area contributed by atoms with Gasteiger partial charge in [-0.3, -0.25) is 0 Å². The second-order valence-electron chi connectivity index (χ2n) is 5.43. The summed E-state index contributed by atoms with van der Waals surface area (Å²) in [5.41, 5.74) is 8.57. The van der Waals surface area contributed by atoms with Gasteiger partial charge in [-0.05, 0) is 47.9 Å². The van der Waals surface area contributed by atoms with Crippen molar-refractivity contribution in [3.05, 3.63) is 47.0 Å². The quantitative estimate of drug-likeness (QED) is 0.673. The lowest BCUT2D eigenvalue weighted by Gasteiger charge is -2.18. The number of hydrogen-bond acceptors (Lipinski definition) is 6. The minimum absolute atomic E-state index is 0.0187. The van der Waals surface area contributed by atoms with E-state index in [1.807, 2.05) is 13.0 Å². The Hall–Kier alpha value is -2.44. The first-order chi connectivity index (χ1) is 11.5. The number of anilines is 1. The van der Waals surface area contributed by atoms with Crippen molar-refractivity contribution in [2.24, 2.45) is 0 Å². The van der Waals surface area contributed by atoms with E-state index >= 15 is 0 Å². The fourth-order valence-electron chi connectivity index (χ4n) is 2.45. The third kappa shape index (κ3) is 3.90. The fraction of sp³-hybridized carbons (Fsp3) is 0.333. The molecule has 0 aliphatic heterocycles. The summed E-state index contributed by atoms with van der Waals surface area (Å²) in [6.45, 7) is 1.78. The SMILES string of the molecule is COc1ccc(C(O)COc2c(N)cc(CO)cc2OC)cc1C. The highest BCUT2D eigenvalue weighted by atomic mass is 16.5. The van der Waals surface area contributed by atoms with Crippen LogP contribution in [0.15, 0.2) is 30.3 Å². The van der Waals surface area contributed by atoms with Crippen LogP contribution < -0.4 is 19.9 Å². The molecule has 130 valence electrons. The van der Waals surface area contributed by atoms with Crippen LogP contribution in [0.4, 0.5) is 5.69 Å². The van der Waals surface area contributed by atoms with Crippen molar-refractivity contribution in [2.75, 3.05) is 26.6 Å². The molecule has 0 aliphatic carbocycles. The van der Waals surface area contributed by atoms with E-state index in [2.05, 4.69) is 0 Å². The Bertz CT molecular complexity index is 702. The summed E-state index contributed by atoms with van der Waals surface area (Å²) >= 11 is 0. The lowest BCUT2D eigenvalue weighted by Crippen LogP contribution is -2.12.